The summed E-state index contributed by atoms with van der Waals surface area (Å²) in [6, 6.07) is -0.110. The number of nitrogens with two attached hydrogens (primary N) is 1. The molecule has 0 spiro atoms. The summed E-state index contributed by atoms with van der Waals surface area (Å²) >= 11 is 0. The van der Waals surface area contributed by atoms with Crippen molar-refractivity contribution in [3.05, 3.63) is 0 Å². The average molecular weight is 298 g/mol. The van der Waals surface area contributed by atoms with E-state index in [0.717, 1.165) is 45.2 Å². The highest BCUT2D eigenvalue weighted by Gasteiger charge is 2.25. The van der Waals surface area contributed by atoms with E-state index in [1.807, 2.05) is 0 Å². The largest absolute Gasteiger partial charge is 0.378 e. The summed E-state index contributed by atoms with van der Waals surface area (Å²) in [5, 5.41) is 5.11. The van der Waals surface area contributed by atoms with Gasteiger partial charge in [0.2, 0.25) is 5.91 Å². The molecule has 7 heteroatoms. The smallest absolute Gasteiger partial charge is 0.321 e. The minimum atomic E-state index is -0.373. The first-order chi connectivity index (χ1) is 10.2. The Kier molecular flexibility index (Phi) is 6.41. The first-order valence-corrected chi connectivity index (χ1v) is 7.81. The van der Waals surface area contributed by atoms with Crippen molar-refractivity contribution in [2.75, 3.05) is 32.8 Å². The van der Waals surface area contributed by atoms with Crippen molar-refractivity contribution in [3.63, 3.8) is 0 Å². The van der Waals surface area contributed by atoms with Gasteiger partial charge in [0.05, 0.1) is 12.6 Å². The first kappa shape index (κ1) is 16.2. The molecule has 0 atom stereocenters. The second kappa shape index (κ2) is 8.31. The van der Waals surface area contributed by atoms with Crippen LogP contribution in [0.5, 0.6) is 0 Å². The molecule has 2 fully saturated rings. The van der Waals surface area contributed by atoms with E-state index >= 15 is 0 Å². The van der Waals surface area contributed by atoms with Gasteiger partial charge in [-0.15, -0.1) is 0 Å². The fourth-order valence-electron chi connectivity index (χ4n) is 2.39. The number of hydrogen-bond donors (Lipinski definition) is 3. The van der Waals surface area contributed by atoms with Crippen LogP contribution in [-0.2, 0) is 9.53 Å². The first-order valence-electron chi connectivity index (χ1n) is 7.81. The van der Waals surface area contributed by atoms with Crippen molar-refractivity contribution in [2.24, 2.45) is 5.73 Å². The Morgan fingerprint density at radius 3 is 2.52 bits per heavy atom. The van der Waals surface area contributed by atoms with Gasteiger partial charge >= 0.3 is 6.03 Å². The molecule has 3 amide bonds. The van der Waals surface area contributed by atoms with Crippen LogP contribution < -0.4 is 16.4 Å². The van der Waals surface area contributed by atoms with Crippen LogP contribution in [-0.4, -0.2) is 61.8 Å². The number of nitrogens with zero attached hydrogens (tertiary/aromatic N) is 1. The fraction of sp³-hybridized carbons (Fsp3) is 0.857. The number of amides is 3. The van der Waals surface area contributed by atoms with Crippen molar-refractivity contribution in [1.82, 2.24) is 15.5 Å². The van der Waals surface area contributed by atoms with Crippen LogP contribution in [0.15, 0.2) is 0 Å². The predicted molar refractivity (Wildman–Crippen MR) is 78.8 cm³/mol. The topological polar surface area (TPSA) is 96.7 Å². The maximum absolute atomic E-state index is 11.8. The molecule has 21 heavy (non-hydrogen) atoms. The molecule has 0 bridgehead atoms. The summed E-state index contributed by atoms with van der Waals surface area (Å²) < 4.78 is 5.72. The molecule has 120 valence electrons. The third-order valence-electron chi connectivity index (χ3n) is 3.77. The van der Waals surface area contributed by atoms with Gasteiger partial charge in [0, 0.05) is 25.7 Å². The van der Waals surface area contributed by atoms with Crippen LogP contribution in [0.4, 0.5) is 4.79 Å². The molecule has 1 heterocycles. The number of carbonyl (C=O) groups excluding carboxylic acids is 2. The molecule has 0 aromatic heterocycles. The van der Waals surface area contributed by atoms with Crippen molar-refractivity contribution in [1.29, 1.82) is 0 Å². The minimum absolute atomic E-state index is 0.240. The lowest BCUT2D eigenvalue weighted by Crippen LogP contribution is -2.47. The second-order valence-electron chi connectivity index (χ2n) is 5.78. The van der Waals surface area contributed by atoms with Gasteiger partial charge in [-0.3, -0.25) is 15.0 Å². The average Bonchev–Trinajstić information content (AvgIpc) is 3.24. The molecule has 1 saturated carbocycles. The number of piperidine rings is 1. The van der Waals surface area contributed by atoms with Gasteiger partial charge in [0.15, 0.2) is 0 Å². The summed E-state index contributed by atoms with van der Waals surface area (Å²) in [7, 11) is 0. The fourth-order valence-corrected chi connectivity index (χ4v) is 2.39. The van der Waals surface area contributed by atoms with Gasteiger partial charge in [0.25, 0.3) is 0 Å². The molecule has 1 saturated heterocycles. The third-order valence-corrected chi connectivity index (χ3v) is 3.77. The molecular formula is C14H26N4O3. The minimum Gasteiger partial charge on any atom is -0.378 e. The Bertz CT molecular complexity index is 352. The highest BCUT2D eigenvalue weighted by atomic mass is 16.5. The zero-order valence-corrected chi connectivity index (χ0v) is 12.5. The highest BCUT2D eigenvalue weighted by molar-refractivity contribution is 5.95. The van der Waals surface area contributed by atoms with Crippen LogP contribution >= 0.6 is 0 Å². The number of carbonyl (C=O) groups is 2. The molecule has 0 aromatic rings. The van der Waals surface area contributed by atoms with Crippen molar-refractivity contribution in [3.8, 4) is 0 Å². The SMILES string of the molecule is NCCCOC1CCN(CC(=O)NC(=O)NC2CC2)CC1. The van der Waals surface area contributed by atoms with Crippen LogP contribution in [0.2, 0.25) is 0 Å². The summed E-state index contributed by atoms with van der Waals surface area (Å²) in [6.45, 7) is 3.29. The van der Waals surface area contributed by atoms with Gasteiger partial charge in [0.1, 0.15) is 0 Å². The molecule has 1 aliphatic carbocycles. The number of ether oxygens (including phenoxy) is 1. The number of nitrogens with one attached hydrogen (secondary N) is 2. The molecule has 0 aromatic carbocycles. The van der Waals surface area contributed by atoms with Crippen LogP contribution in [0.25, 0.3) is 0 Å². The number of urea groups is 1. The summed E-state index contributed by atoms with van der Waals surface area (Å²) in [6.07, 6.45) is 5.03. The van der Waals surface area contributed by atoms with E-state index in [1.165, 1.54) is 0 Å². The van der Waals surface area contributed by atoms with Gasteiger partial charge in [-0.25, -0.2) is 4.79 Å². The van der Waals surface area contributed by atoms with E-state index in [9.17, 15) is 9.59 Å². The molecule has 2 aliphatic rings. The van der Waals surface area contributed by atoms with Crippen LogP contribution in [0, 0.1) is 0 Å². The number of likely N-dealkylation sites (tertiary alicyclic amines) is 1. The number of imide groups is 1. The van der Waals surface area contributed by atoms with Crippen molar-refractivity contribution in [2.45, 2.75) is 44.2 Å². The predicted octanol–water partition coefficient (Wildman–Crippen LogP) is -0.196. The Labute approximate surface area is 125 Å². The quantitative estimate of drug-likeness (QED) is 0.566. The number of hydrogen-bond acceptors (Lipinski definition) is 5. The zero-order valence-electron chi connectivity index (χ0n) is 12.5. The van der Waals surface area contributed by atoms with E-state index in [-0.39, 0.29) is 30.6 Å². The lowest BCUT2D eigenvalue weighted by atomic mass is 10.1. The summed E-state index contributed by atoms with van der Waals surface area (Å²) in [5.74, 6) is -0.240. The molecule has 0 radical (unpaired) electrons. The molecule has 2 rings (SSSR count). The highest BCUT2D eigenvalue weighted by Crippen LogP contribution is 2.18. The maximum Gasteiger partial charge on any atom is 0.321 e. The lowest BCUT2D eigenvalue weighted by Gasteiger charge is -2.31. The van der Waals surface area contributed by atoms with Crippen LogP contribution in [0.3, 0.4) is 0 Å². The van der Waals surface area contributed by atoms with Crippen molar-refractivity contribution >= 4 is 11.9 Å². The molecule has 4 N–H and O–H groups in total. The normalized spacial score (nSPS) is 20.2. The Balaban J connectivity index is 1.56. The van der Waals surface area contributed by atoms with E-state index < -0.39 is 0 Å². The van der Waals surface area contributed by atoms with E-state index in [2.05, 4.69) is 15.5 Å². The maximum atomic E-state index is 11.8. The molecular weight excluding hydrogens is 272 g/mol. The zero-order chi connectivity index (χ0) is 15.1. The molecule has 7 nitrogen and oxygen atoms in total. The molecule has 0 unspecified atom stereocenters. The van der Waals surface area contributed by atoms with E-state index in [4.69, 9.17) is 10.5 Å². The van der Waals surface area contributed by atoms with E-state index in [1.54, 1.807) is 0 Å². The standard InChI is InChI=1S/C14H26N4O3/c15-6-1-9-21-12-4-7-18(8-5-12)10-13(19)17-14(20)16-11-2-3-11/h11-12H,1-10,15H2,(H2,16,17,19,20). The van der Waals surface area contributed by atoms with Gasteiger partial charge < -0.3 is 15.8 Å². The Hall–Kier alpha value is -1.18. The van der Waals surface area contributed by atoms with Gasteiger partial charge in [-0.2, -0.15) is 0 Å². The Morgan fingerprint density at radius 1 is 1.19 bits per heavy atom. The van der Waals surface area contributed by atoms with Crippen LogP contribution in [0.1, 0.15) is 32.1 Å². The van der Waals surface area contributed by atoms with Gasteiger partial charge in [-0.05, 0) is 38.6 Å². The monoisotopic (exact) mass is 298 g/mol. The van der Waals surface area contributed by atoms with Crippen molar-refractivity contribution < 1.29 is 14.3 Å². The number of rotatable bonds is 7. The summed E-state index contributed by atoms with van der Waals surface area (Å²) in [4.78, 5) is 25.3. The summed E-state index contributed by atoms with van der Waals surface area (Å²) in [5.41, 5.74) is 5.43. The second-order valence-corrected chi connectivity index (χ2v) is 5.78. The van der Waals surface area contributed by atoms with Gasteiger partial charge in [-0.1, -0.05) is 0 Å². The molecule has 1 aliphatic heterocycles. The third kappa shape index (κ3) is 6.41. The Morgan fingerprint density at radius 2 is 1.90 bits per heavy atom. The lowest BCUT2D eigenvalue weighted by molar-refractivity contribution is -0.121. The van der Waals surface area contributed by atoms with E-state index in [0.29, 0.717) is 13.2 Å².